The summed E-state index contributed by atoms with van der Waals surface area (Å²) in [6.07, 6.45) is 8.61. The van der Waals surface area contributed by atoms with Crippen molar-refractivity contribution in [2.75, 3.05) is 6.54 Å². The lowest BCUT2D eigenvalue weighted by Gasteiger charge is -2.36. The van der Waals surface area contributed by atoms with Gasteiger partial charge in [-0.3, -0.25) is 0 Å². The SMILES string of the molecule is CCCCCCC(C)NC(=O)NCC1(O)CCC1. The van der Waals surface area contributed by atoms with Gasteiger partial charge >= 0.3 is 6.03 Å². The zero-order valence-corrected chi connectivity index (χ0v) is 11.8. The van der Waals surface area contributed by atoms with E-state index in [4.69, 9.17) is 0 Å². The molecule has 1 rings (SSSR count). The van der Waals surface area contributed by atoms with Crippen molar-refractivity contribution >= 4 is 6.03 Å². The second-order valence-electron chi connectivity index (χ2n) is 5.66. The molecule has 106 valence electrons. The molecule has 0 saturated heterocycles. The average molecular weight is 256 g/mol. The third-order valence-electron chi connectivity index (χ3n) is 3.73. The Bertz CT molecular complexity index is 252. The van der Waals surface area contributed by atoms with E-state index in [1.807, 2.05) is 6.92 Å². The molecule has 0 aromatic heterocycles. The molecule has 1 aliphatic carbocycles. The summed E-state index contributed by atoms with van der Waals surface area (Å²) in [6, 6.07) is 0.0520. The van der Waals surface area contributed by atoms with Crippen LogP contribution in [0.4, 0.5) is 4.79 Å². The van der Waals surface area contributed by atoms with E-state index in [-0.39, 0.29) is 12.1 Å². The van der Waals surface area contributed by atoms with Crippen LogP contribution in [0.25, 0.3) is 0 Å². The number of nitrogens with one attached hydrogen (secondary N) is 2. The van der Waals surface area contributed by atoms with E-state index in [9.17, 15) is 9.90 Å². The van der Waals surface area contributed by atoms with E-state index in [0.29, 0.717) is 6.54 Å². The Kier molecular flexibility index (Phi) is 6.47. The van der Waals surface area contributed by atoms with Crippen LogP contribution in [0.15, 0.2) is 0 Å². The van der Waals surface area contributed by atoms with Crippen LogP contribution in [0.3, 0.4) is 0 Å². The predicted molar refractivity (Wildman–Crippen MR) is 73.6 cm³/mol. The quantitative estimate of drug-likeness (QED) is 0.584. The van der Waals surface area contributed by atoms with Gasteiger partial charge in [-0.1, -0.05) is 32.6 Å². The van der Waals surface area contributed by atoms with Gasteiger partial charge in [0, 0.05) is 12.6 Å². The average Bonchev–Trinajstić information content (AvgIpc) is 2.30. The number of amides is 2. The first-order chi connectivity index (χ1) is 8.56. The number of unbranched alkanes of at least 4 members (excludes halogenated alkanes) is 3. The van der Waals surface area contributed by atoms with Crippen molar-refractivity contribution < 1.29 is 9.90 Å². The van der Waals surface area contributed by atoms with E-state index < -0.39 is 5.60 Å². The summed E-state index contributed by atoms with van der Waals surface area (Å²) in [5.41, 5.74) is -0.637. The first-order valence-corrected chi connectivity index (χ1v) is 7.32. The van der Waals surface area contributed by atoms with E-state index in [1.165, 1.54) is 25.7 Å². The Morgan fingerprint density at radius 3 is 2.61 bits per heavy atom. The van der Waals surface area contributed by atoms with Gasteiger partial charge in [0.2, 0.25) is 0 Å². The lowest BCUT2D eigenvalue weighted by molar-refractivity contribution is -0.0290. The molecule has 4 nitrogen and oxygen atoms in total. The Morgan fingerprint density at radius 1 is 1.33 bits per heavy atom. The van der Waals surface area contributed by atoms with E-state index in [0.717, 1.165) is 25.7 Å². The molecule has 0 aliphatic heterocycles. The van der Waals surface area contributed by atoms with Crippen molar-refractivity contribution in [3.8, 4) is 0 Å². The lowest BCUT2D eigenvalue weighted by Crippen LogP contribution is -2.51. The molecule has 1 aliphatic rings. The fraction of sp³-hybridized carbons (Fsp3) is 0.929. The van der Waals surface area contributed by atoms with Crippen LogP contribution in [-0.2, 0) is 0 Å². The van der Waals surface area contributed by atoms with Gasteiger partial charge in [-0.05, 0) is 32.6 Å². The molecule has 0 spiro atoms. The maximum absolute atomic E-state index is 11.6. The van der Waals surface area contributed by atoms with Gasteiger partial charge in [0.15, 0.2) is 0 Å². The molecule has 3 N–H and O–H groups in total. The highest BCUT2D eigenvalue weighted by atomic mass is 16.3. The minimum atomic E-state index is -0.637. The van der Waals surface area contributed by atoms with Crippen LogP contribution in [0.1, 0.15) is 65.2 Å². The number of hydrogen-bond donors (Lipinski definition) is 3. The maximum atomic E-state index is 11.6. The van der Waals surface area contributed by atoms with Crippen molar-refractivity contribution in [3.63, 3.8) is 0 Å². The van der Waals surface area contributed by atoms with Crippen LogP contribution in [-0.4, -0.2) is 29.3 Å². The summed E-state index contributed by atoms with van der Waals surface area (Å²) in [5, 5.41) is 15.5. The summed E-state index contributed by atoms with van der Waals surface area (Å²) in [7, 11) is 0. The lowest BCUT2D eigenvalue weighted by atomic mass is 9.80. The molecular weight excluding hydrogens is 228 g/mol. The standard InChI is InChI=1S/C14H28N2O2/c1-3-4-5-6-8-12(2)16-13(17)15-11-14(18)9-7-10-14/h12,18H,3-11H2,1-2H3,(H2,15,16,17). The number of carbonyl (C=O) groups excluding carboxylic acids is 1. The van der Waals surface area contributed by atoms with Crippen LogP contribution in [0, 0.1) is 0 Å². The Labute approximate surface area is 111 Å². The summed E-state index contributed by atoms with van der Waals surface area (Å²) in [4.78, 5) is 11.6. The summed E-state index contributed by atoms with van der Waals surface area (Å²) in [5.74, 6) is 0. The Hall–Kier alpha value is -0.770. The van der Waals surface area contributed by atoms with Crippen molar-refractivity contribution in [3.05, 3.63) is 0 Å². The summed E-state index contributed by atoms with van der Waals surface area (Å²) < 4.78 is 0. The van der Waals surface area contributed by atoms with Crippen LogP contribution >= 0.6 is 0 Å². The fourth-order valence-corrected chi connectivity index (χ4v) is 2.23. The second kappa shape index (κ2) is 7.62. The van der Waals surface area contributed by atoms with Gasteiger partial charge in [-0.2, -0.15) is 0 Å². The minimum Gasteiger partial charge on any atom is -0.388 e. The highest BCUT2D eigenvalue weighted by Crippen LogP contribution is 2.30. The Morgan fingerprint density at radius 2 is 2.06 bits per heavy atom. The molecule has 0 aromatic rings. The van der Waals surface area contributed by atoms with Gasteiger partial charge in [-0.25, -0.2) is 4.79 Å². The van der Waals surface area contributed by atoms with Gasteiger partial charge in [0.25, 0.3) is 0 Å². The second-order valence-corrected chi connectivity index (χ2v) is 5.66. The molecule has 0 radical (unpaired) electrons. The molecule has 0 aromatic carbocycles. The predicted octanol–water partition coefficient (Wildman–Crippen LogP) is 2.56. The highest BCUT2D eigenvalue weighted by molar-refractivity contribution is 5.74. The minimum absolute atomic E-state index is 0.154. The molecule has 4 heteroatoms. The number of carbonyl (C=O) groups is 1. The first-order valence-electron chi connectivity index (χ1n) is 7.32. The molecule has 2 amide bonds. The third-order valence-corrected chi connectivity index (χ3v) is 3.73. The number of hydrogen-bond acceptors (Lipinski definition) is 2. The van der Waals surface area contributed by atoms with Gasteiger partial charge < -0.3 is 15.7 Å². The fourth-order valence-electron chi connectivity index (χ4n) is 2.23. The normalized spacial score (nSPS) is 18.8. The molecule has 0 bridgehead atoms. The molecule has 1 unspecified atom stereocenters. The summed E-state index contributed by atoms with van der Waals surface area (Å²) >= 11 is 0. The van der Waals surface area contributed by atoms with Crippen LogP contribution in [0.2, 0.25) is 0 Å². The molecule has 1 fully saturated rings. The van der Waals surface area contributed by atoms with E-state index in [1.54, 1.807) is 0 Å². The first kappa shape index (κ1) is 15.3. The topological polar surface area (TPSA) is 61.4 Å². The van der Waals surface area contributed by atoms with Gasteiger partial charge in [-0.15, -0.1) is 0 Å². The molecule has 1 atom stereocenters. The number of rotatable bonds is 8. The zero-order chi connectivity index (χ0) is 13.4. The third kappa shape index (κ3) is 5.71. The van der Waals surface area contributed by atoms with E-state index >= 15 is 0 Å². The summed E-state index contributed by atoms with van der Waals surface area (Å²) in [6.45, 7) is 4.60. The van der Waals surface area contributed by atoms with Crippen LogP contribution in [0.5, 0.6) is 0 Å². The van der Waals surface area contributed by atoms with Crippen molar-refractivity contribution in [2.45, 2.75) is 76.9 Å². The highest BCUT2D eigenvalue weighted by Gasteiger charge is 2.34. The van der Waals surface area contributed by atoms with Crippen LogP contribution < -0.4 is 10.6 Å². The van der Waals surface area contributed by atoms with Crippen molar-refractivity contribution in [1.82, 2.24) is 10.6 Å². The number of aliphatic hydroxyl groups is 1. The van der Waals surface area contributed by atoms with Crippen molar-refractivity contribution in [2.24, 2.45) is 0 Å². The molecule has 18 heavy (non-hydrogen) atoms. The van der Waals surface area contributed by atoms with Gasteiger partial charge in [0.05, 0.1) is 5.60 Å². The number of urea groups is 1. The van der Waals surface area contributed by atoms with Gasteiger partial charge in [0.1, 0.15) is 0 Å². The molecular formula is C14H28N2O2. The maximum Gasteiger partial charge on any atom is 0.315 e. The Balaban J connectivity index is 2.03. The van der Waals surface area contributed by atoms with Crippen molar-refractivity contribution in [1.29, 1.82) is 0 Å². The zero-order valence-electron chi connectivity index (χ0n) is 11.8. The molecule has 1 saturated carbocycles. The van der Waals surface area contributed by atoms with E-state index in [2.05, 4.69) is 17.6 Å². The monoisotopic (exact) mass is 256 g/mol. The largest absolute Gasteiger partial charge is 0.388 e. The smallest absolute Gasteiger partial charge is 0.315 e. The molecule has 0 heterocycles.